The van der Waals surface area contributed by atoms with Gasteiger partial charge in [-0.1, -0.05) is 0 Å². The quantitative estimate of drug-likeness (QED) is 0.748. The Morgan fingerprint density at radius 1 is 1.42 bits per heavy atom. The zero-order valence-corrected chi connectivity index (χ0v) is 15.8. The van der Waals surface area contributed by atoms with E-state index in [1.165, 1.54) is 21.8 Å². The van der Waals surface area contributed by atoms with Crippen LogP contribution in [-0.2, 0) is 10.0 Å². The molecule has 126 valence electrons. The number of sulfonamides is 1. The largest absolute Gasteiger partial charge is 0.473 e. The number of piperidine rings is 1. The molecule has 1 fully saturated rings. The summed E-state index contributed by atoms with van der Waals surface area (Å²) in [7, 11) is -3.51. The van der Waals surface area contributed by atoms with Gasteiger partial charge in [0, 0.05) is 18.8 Å². The SMILES string of the molecule is N#Cc1ccnc(O[C@H]2CCCN(S(=O)(=O)c3ccc(Br)s3)C2)c1. The van der Waals surface area contributed by atoms with Crippen LogP contribution in [0.15, 0.2) is 38.5 Å². The normalized spacial score (nSPS) is 18.9. The first-order valence-electron chi connectivity index (χ1n) is 7.27. The molecule has 0 saturated carbocycles. The van der Waals surface area contributed by atoms with Crippen molar-refractivity contribution in [2.75, 3.05) is 13.1 Å². The molecule has 0 radical (unpaired) electrons. The first-order chi connectivity index (χ1) is 11.5. The van der Waals surface area contributed by atoms with Gasteiger partial charge in [0.2, 0.25) is 5.88 Å². The Bertz CT molecular complexity index is 876. The highest BCUT2D eigenvalue weighted by Crippen LogP contribution is 2.30. The van der Waals surface area contributed by atoms with E-state index in [-0.39, 0.29) is 12.6 Å². The minimum Gasteiger partial charge on any atom is -0.473 e. The van der Waals surface area contributed by atoms with E-state index in [1.54, 1.807) is 24.3 Å². The molecule has 1 saturated heterocycles. The Morgan fingerprint density at radius 2 is 2.25 bits per heavy atom. The number of pyridine rings is 1. The summed E-state index contributed by atoms with van der Waals surface area (Å²) < 4.78 is 33.7. The summed E-state index contributed by atoms with van der Waals surface area (Å²) in [4.78, 5) is 4.08. The molecule has 0 amide bonds. The van der Waals surface area contributed by atoms with Crippen molar-refractivity contribution in [3.8, 4) is 11.9 Å². The van der Waals surface area contributed by atoms with Gasteiger partial charge >= 0.3 is 0 Å². The van der Waals surface area contributed by atoms with Crippen molar-refractivity contribution in [2.45, 2.75) is 23.2 Å². The summed E-state index contributed by atoms with van der Waals surface area (Å²) in [5, 5.41) is 8.92. The van der Waals surface area contributed by atoms with Gasteiger partial charge < -0.3 is 4.74 Å². The van der Waals surface area contributed by atoms with Crippen LogP contribution in [0.4, 0.5) is 0 Å². The summed E-state index contributed by atoms with van der Waals surface area (Å²) >= 11 is 4.49. The molecular weight excluding hydrogens is 414 g/mol. The van der Waals surface area contributed by atoms with Gasteiger partial charge in [-0.15, -0.1) is 11.3 Å². The maximum absolute atomic E-state index is 12.7. The molecule has 1 aliphatic heterocycles. The summed E-state index contributed by atoms with van der Waals surface area (Å²) in [6, 6.07) is 8.52. The van der Waals surface area contributed by atoms with Crippen molar-refractivity contribution in [3.63, 3.8) is 0 Å². The summed E-state index contributed by atoms with van der Waals surface area (Å²) in [5.41, 5.74) is 0.462. The number of halogens is 1. The monoisotopic (exact) mass is 427 g/mol. The molecule has 0 aromatic carbocycles. The highest BCUT2D eigenvalue weighted by Gasteiger charge is 2.32. The minimum atomic E-state index is -3.51. The Morgan fingerprint density at radius 3 is 2.96 bits per heavy atom. The van der Waals surface area contributed by atoms with E-state index < -0.39 is 10.0 Å². The van der Waals surface area contributed by atoms with Gasteiger partial charge in [-0.05, 0) is 47.0 Å². The highest BCUT2D eigenvalue weighted by molar-refractivity contribution is 9.11. The molecule has 2 aromatic heterocycles. The zero-order valence-electron chi connectivity index (χ0n) is 12.6. The number of thiophene rings is 1. The number of ether oxygens (including phenoxy) is 1. The average Bonchev–Trinajstić information content (AvgIpc) is 3.02. The fourth-order valence-corrected chi connectivity index (χ4v) is 6.17. The topological polar surface area (TPSA) is 83.3 Å². The van der Waals surface area contributed by atoms with E-state index in [2.05, 4.69) is 20.9 Å². The number of rotatable bonds is 4. The average molecular weight is 428 g/mol. The third-order valence-corrected chi connectivity index (χ3v) is 7.59. The van der Waals surface area contributed by atoms with Crippen LogP contribution in [0.1, 0.15) is 18.4 Å². The number of nitriles is 1. The molecule has 0 bridgehead atoms. The fourth-order valence-electron chi connectivity index (χ4n) is 2.50. The molecule has 3 heterocycles. The van der Waals surface area contributed by atoms with Crippen LogP contribution in [-0.4, -0.2) is 36.9 Å². The molecular formula is C15H14BrN3O3S2. The van der Waals surface area contributed by atoms with E-state index in [4.69, 9.17) is 10.00 Å². The van der Waals surface area contributed by atoms with Crippen LogP contribution in [0.25, 0.3) is 0 Å². The highest BCUT2D eigenvalue weighted by atomic mass is 79.9. The molecule has 1 atom stereocenters. The molecule has 0 N–H and O–H groups in total. The standard InChI is InChI=1S/C15H14BrN3O3S2/c16-13-3-4-15(23-13)24(20,21)19-7-1-2-12(10-19)22-14-8-11(9-17)5-6-18-14/h3-6,8,12H,1-2,7,10H2/t12-/m0/s1. The van der Waals surface area contributed by atoms with E-state index in [1.807, 2.05) is 6.07 Å². The van der Waals surface area contributed by atoms with Crippen molar-refractivity contribution in [1.29, 1.82) is 5.26 Å². The van der Waals surface area contributed by atoms with Gasteiger partial charge in [-0.3, -0.25) is 0 Å². The summed E-state index contributed by atoms with van der Waals surface area (Å²) in [6.45, 7) is 0.750. The van der Waals surface area contributed by atoms with Gasteiger partial charge in [0.15, 0.2) is 0 Å². The van der Waals surface area contributed by atoms with Crippen molar-refractivity contribution in [2.24, 2.45) is 0 Å². The van der Waals surface area contributed by atoms with Gasteiger partial charge in [-0.25, -0.2) is 13.4 Å². The minimum absolute atomic E-state index is 0.274. The maximum Gasteiger partial charge on any atom is 0.252 e. The first-order valence-corrected chi connectivity index (χ1v) is 10.3. The zero-order chi connectivity index (χ0) is 17.2. The molecule has 24 heavy (non-hydrogen) atoms. The summed E-state index contributed by atoms with van der Waals surface area (Å²) in [5.74, 6) is 0.345. The number of nitrogens with zero attached hydrogens (tertiary/aromatic N) is 3. The fraction of sp³-hybridized carbons (Fsp3) is 0.333. The molecule has 1 aliphatic rings. The molecule has 0 unspecified atom stereocenters. The van der Waals surface area contributed by atoms with E-state index in [9.17, 15) is 8.42 Å². The molecule has 2 aromatic rings. The second-order valence-electron chi connectivity index (χ2n) is 5.30. The Balaban J connectivity index is 1.73. The van der Waals surface area contributed by atoms with Gasteiger partial charge in [0.1, 0.15) is 10.3 Å². The molecule has 9 heteroatoms. The van der Waals surface area contributed by atoms with Crippen LogP contribution in [0.5, 0.6) is 5.88 Å². The van der Waals surface area contributed by atoms with Gasteiger partial charge in [0.25, 0.3) is 10.0 Å². The number of aromatic nitrogens is 1. The maximum atomic E-state index is 12.7. The van der Waals surface area contributed by atoms with Crippen LogP contribution < -0.4 is 4.74 Å². The lowest BCUT2D eigenvalue weighted by atomic mass is 10.1. The van der Waals surface area contributed by atoms with Crippen LogP contribution in [0.3, 0.4) is 0 Å². The Labute approximate surface area is 152 Å². The van der Waals surface area contributed by atoms with E-state index >= 15 is 0 Å². The molecule has 0 spiro atoms. The van der Waals surface area contributed by atoms with Crippen molar-refractivity contribution < 1.29 is 13.2 Å². The van der Waals surface area contributed by atoms with Crippen LogP contribution in [0, 0.1) is 11.3 Å². The smallest absolute Gasteiger partial charge is 0.252 e. The third kappa shape index (κ3) is 3.78. The van der Waals surface area contributed by atoms with E-state index in [0.717, 1.165) is 10.2 Å². The van der Waals surface area contributed by atoms with Crippen LogP contribution >= 0.6 is 27.3 Å². The molecule has 3 rings (SSSR count). The lowest BCUT2D eigenvalue weighted by molar-refractivity contribution is 0.125. The number of hydrogen-bond donors (Lipinski definition) is 0. The van der Waals surface area contributed by atoms with Crippen molar-refractivity contribution >= 4 is 37.3 Å². The predicted octanol–water partition coefficient (Wildman–Crippen LogP) is 3.01. The lowest BCUT2D eigenvalue weighted by Crippen LogP contribution is -2.44. The van der Waals surface area contributed by atoms with Crippen molar-refractivity contribution in [1.82, 2.24) is 9.29 Å². The molecule has 6 nitrogen and oxygen atoms in total. The van der Waals surface area contributed by atoms with Gasteiger partial charge in [0.05, 0.1) is 22.0 Å². The summed E-state index contributed by atoms with van der Waals surface area (Å²) in [6.07, 6.45) is 2.69. The predicted molar refractivity (Wildman–Crippen MR) is 93.4 cm³/mol. The lowest BCUT2D eigenvalue weighted by Gasteiger charge is -2.31. The van der Waals surface area contributed by atoms with E-state index in [0.29, 0.717) is 28.6 Å². The Hall–Kier alpha value is -1.47. The first kappa shape index (κ1) is 17.4. The number of hydrogen-bond acceptors (Lipinski definition) is 6. The second kappa shape index (κ2) is 7.19. The molecule has 0 aliphatic carbocycles. The third-order valence-electron chi connectivity index (χ3n) is 3.63. The second-order valence-corrected chi connectivity index (χ2v) is 9.93. The van der Waals surface area contributed by atoms with Gasteiger partial charge in [-0.2, -0.15) is 9.57 Å². The Kier molecular flexibility index (Phi) is 5.20. The van der Waals surface area contributed by atoms with Crippen molar-refractivity contribution in [3.05, 3.63) is 39.8 Å². The van der Waals surface area contributed by atoms with Crippen LogP contribution in [0.2, 0.25) is 0 Å².